The van der Waals surface area contributed by atoms with Crippen LogP contribution in [0.2, 0.25) is 0 Å². The molecule has 0 fully saturated rings. The predicted octanol–water partition coefficient (Wildman–Crippen LogP) is 2.54. The van der Waals surface area contributed by atoms with Crippen LogP contribution in [0.5, 0.6) is 0 Å². The van der Waals surface area contributed by atoms with Crippen molar-refractivity contribution >= 4 is 23.4 Å². The Morgan fingerprint density at radius 1 is 1.21 bits per heavy atom. The van der Waals surface area contributed by atoms with Gasteiger partial charge in [-0.05, 0) is 32.9 Å². The molecular weight excluding hydrogens is 308 g/mol. The van der Waals surface area contributed by atoms with Crippen molar-refractivity contribution in [3.05, 3.63) is 47.9 Å². The lowest BCUT2D eigenvalue weighted by Crippen LogP contribution is -2.30. The number of hydrogen-bond acceptors (Lipinski definition) is 6. The van der Waals surface area contributed by atoms with Gasteiger partial charge in [0.05, 0.1) is 17.9 Å². The standard InChI is InChI=1S/C17H20N4O3/c1-4-24-17(23)12-7-5-6-8-13(12)21-15-9-14(18-10-19-15)16(22)20-11(2)3/h5-11H,4H2,1-3H3,(H,20,22)(H,18,19,21). The molecule has 1 aromatic heterocycles. The van der Waals surface area contributed by atoms with Gasteiger partial charge in [0, 0.05) is 12.1 Å². The van der Waals surface area contributed by atoms with Crippen LogP contribution in [0.15, 0.2) is 36.7 Å². The van der Waals surface area contributed by atoms with E-state index < -0.39 is 5.97 Å². The van der Waals surface area contributed by atoms with Crippen LogP contribution in [0.4, 0.5) is 11.5 Å². The smallest absolute Gasteiger partial charge is 0.340 e. The number of aromatic nitrogens is 2. The number of carbonyl (C=O) groups is 2. The molecule has 1 aromatic carbocycles. The second kappa shape index (κ2) is 8.05. The van der Waals surface area contributed by atoms with Crippen molar-refractivity contribution < 1.29 is 14.3 Å². The summed E-state index contributed by atoms with van der Waals surface area (Å²) >= 11 is 0. The summed E-state index contributed by atoms with van der Waals surface area (Å²) in [6.45, 7) is 5.78. The highest BCUT2D eigenvalue weighted by Crippen LogP contribution is 2.20. The maximum Gasteiger partial charge on any atom is 0.340 e. The molecular formula is C17H20N4O3. The van der Waals surface area contributed by atoms with Gasteiger partial charge in [0.25, 0.3) is 5.91 Å². The molecule has 7 heteroatoms. The average molecular weight is 328 g/mol. The molecule has 0 atom stereocenters. The van der Waals surface area contributed by atoms with Gasteiger partial charge in [0.15, 0.2) is 0 Å². The van der Waals surface area contributed by atoms with Gasteiger partial charge >= 0.3 is 5.97 Å². The zero-order valence-corrected chi connectivity index (χ0v) is 13.9. The monoisotopic (exact) mass is 328 g/mol. The van der Waals surface area contributed by atoms with Crippen LogP contribution < -0.4 is 10.6 Å². The fourth-order valence-electron chi connectivity index (χ4n) is 2.00. The third-order valence-electron chi connectivity index (χ3n) is 3.00. The first-order valence-electron chi connectivity index (χ1n) is 7.67. The second-order valence-electron chi connectivity index (χ2n) is 5.31. The predicted molar refractivity (Wildman–Crippen MR) is 90.3 cm³/mol. The van der Waals surface area contributed by atoms with E-state index in [1.807, 2.05) is 13.8 Å². The maximum absolute atomic E-state index is 12.0. The van der Waals surface area contributed by atoms with E-state index in [9.17, 15) is 9.59 Å². The summed E-state index contributed by atoms with van der Waals surface area (Å²) in [7, 11) is 0. The van der Waals surface area contributed by atoms with Crippen molar-refractivity contribution in [3.63, 3.8) is 0 Å². The van der Waals surface area contributed by atoms with Crippen LogP contribution in [0, 0.1) is 0 Å². The molecule has 126 valence electrons. The van der Waals surface area contributed by atoms with Gasteiger partial charge in [-0.15, -0.1) is 0 Å². The van der Waals surface area contributed by atoms with E-state index in [0.29, 0.717) is 23.7 Å². The minimum Gasteiger partial charge on any atom is -0.462 e. The average Bonchev–Trinajstić information content (AvgIpc) is 2.55. The summed E-state index contributed by atoms with van der Waals surface area (Å²) in [6.07, 6.45) is 1.30. The lowest BCUT2D eigenvalue weighted by atomic mass is 10.2. The molecule has 1 amide bonds. The second-order valence-corrected chi connectivity index (χ2v) is 5.31. The van der Waals surface area contributed by atoms with Crippen LogP contribution in [0.1, 0.15) is 41.6 Å². The number of esters is 1. The normalized spacial score (nSPS) is 10.3. The van der Waals surface area contributed by atoms with Crippen molar-refractivity contribution in [2.24, 2.45) is 0 Å². The van der Waals surface area contributed by atoms with Gasteiger partial charge in [-0.1, -0.05) is 12.1 Å². The summed E-state index contributed by atoms with van der Waals surface area (Å²) in [5.74, 6) is -0.294. The molecule has 7 nitrogen and oxygen atoms in total. The van der Waals surface area contributed by atoms with E-state index in [0.717, 1.165) is 0 Å². The zero-order chi connectivity index (χ0) is 17.5. The molecule has 0 unspecified atom stereocenters. The number of benzene rings is 1. The summed E-state index contributed by atoms with van der Waals surface area (Å²) in [5.41, 5.74) is 1.19. The fraction of sp³-hybridized carbons (Fsp3) is 0.294. The van der Waals surface area contributed by atoms with Crippen molar-refractivity contribution in [2.75, 3.05) is 11.9 Å². The number of amides is 1. The number of carbonyl (C=O) groups excluding carboxylic acids is 2. The number of rotatable bonds is 6. The van der Waals surface area contributed by atoms with E-state index in [1.165, 1.54) is 12.4 Å². The van der Waals surface area contributed by atoms with Crippen LogP contribution >= 0.6 is 0 Å². The summed E-state index contributed by atoms with van der Waals surface area (Å²) in [5, 5.41) is 5.79. The van der Waals surface area contributed by atoms with Crippen LogP contribution in [-0.2, 0) is 4.74 Å². The highest BCUT2D eigenvalue weighted by Gasteiger charge is 2.14. The molecule has 2 aromatic rings. The van der Waals surface area contributed by atoms with Crippen molar-refractivity contribution in [3.8, 4) is 0 Å². The molecule has 0 aliphatic carbocycles. The Morgan fingerprint density at radius 3 is 2.67 bits per heavy atom. The molecule has 0 saturated carbocycles. The number of nitrogens with one attached hydrogen (secondary N) is 2. The molecule has 2 rings (SSSR count). The van der Waals surface area contributed by atoms with E-state index in [-0.39, 0.29) is 17.6 Å². The summed E-state index contributed by atoms with van der Waals surface area (Å²) in [4.78, 5) is 32.1. The number of nitrogens with zero attached hydrogens (tertiary/aromatic N) is 2. The Kier molecular flexibility index (Phi) is 5.83. The first-order valence-corrected chi connectivity index (χ1v) is 7.67. The highest BCUT2D eigenvalue weighted by atomic mass is 16.5. The lowest BCUT2D eigenvalue weighted by molar-refractivity contribution is 0.0527. The Hall–Kier alpha value is -2.96. The third-order valence-corrected chi connectivity index (χ3v) is 3.00. The van der Waals surface area contributed by atoms with Crippen molar-refractivity contribution in [2.45, 2.75) is 26.8 Å². The van der Waals surface area contributed by atoms with E-state index in [2.05, 4.69) is 20.6 Å². The Morgan fingerprint density at radius 2 is 1.96 bits per heavy atom. The maximum atomic E-state index is 12.0. The van der Waals surface area contributed by atoms with E-state index in [1.54, 1.807) is 31.2 Å². The van der Waals surface area contributed by atoms with Crippen LogP contribution in [0.25, 0.3) is 0 Å². The Bertz CT molecular complexity index is 731. The van der Waals surface area contributed by atoms with Crippen LogP contribution in [-0.4, -0.2) is 34.5 Å². The topological polar surface area (TPSA) is 93.2 Å². The minimum absolute atomic E-state index is 0.00779. The summed E-state index contributed by atoms with van der Waals surface area (Å²) < 4.78 is 5.04. The van der Waals surface area contributed by atoms with Gasteiger partial charge < -0.3 is 15.4 Å². The highest BCUT2D eigenvalue weighted by molar-refractivity contribution is 5.97. The molecule has 0 bridgehead atoms. The van der Waals surface area contributed by atoms with Gasteiger partial charge in [0.2, 0.25) is 0 Å². The number of anilines is 2. The molecule has 24 heavy (non-hydrogen) atoms. The number of ether oxygens (including phenoxy) is 1. The quantitative estimate of drug-likeness (QED) is 0.792. The molecule has 0 radical (unpaired) electrons. The van der Waals surface area contributed by atoms with E-state index in [4.69, 9.17) is 4.74 Å². The minimum atomic E-state index is -0.424. The molecule has 0 aliphatic rings. The molecule has 0 aliphatic heterocycles. The molecule has 1 heterocycles. The Balaban J connectivity index is 2.23. The van der Waals surface area contributed by atoms with Crippen LogP contribution in [0.3, 0.4) is 0 Å². The van der Waals surface area contributed by atoms with Gasteiger partial charge in [0.1, 0.15) is 17.8 Å². The number of hydrogen-bond donors (Lipinski definition) is 2. The number of para-hydroxylation sites is 1. The molecule has 0 saturated heterocycles. The molecule has 2 N–H and O–H groups in total. The van der Waals surface area contributed by atoms with Gasteiger partial charge in [-0.3, -0.25) is 4.79 Å². The fourth-order valence-corrected chi connectivity index (χ4v) is 2.00. The SMILES string of the molecule is CCOC(=O)c1ccccc1Nc1cc(C(=O)NC(C)C)ncn1. The lowest BCUT2D eigenvalue weighted by Gasteiger charge is -2.12. The van der Waals surface area contributed by atoms with Crippen molar-refractivity contribution in [1.29, 1.82) is 0 Å². The van der Waals surface area contributed by atoms with Gasteiger partial charge in [-0.2, -0.15) is 0 Å². The first-order chi connectivity index (χ1) is 11.5. The van der Waals surface area contributed by atoms with Gasteiger partial charge in [-0.25, -0.2) is 14.8 Å². The van der Waals surface area contributed by atoms with Crippen molar-refractivity contribution in [1.82, 2.24) is 15.3 Å². The first kappa shape index (κ1) is 17.4. The van der Waals surface area contributed by atoms with E-state index >= 15 is 0 Å². The largest absolute Gasteiger partial charge is 0.462 e. The molecule has 0 spiro atoms. The zero-order valence-electron chi connectivity index (χ0n) is 13.9. The summed E-state index contributed by atoms with van der Waals surface area (Å²) in [6, 6.07) is 8.47. The third kappa shape index (κ3) is 4.52. The Labute approximate surface area is 140 Å².